The van der Waals surface area contributed by atoms with E-state index in [-0.39, 0.29) is 17.9 Å². The van der Waals surface area contributed by atoms with Crippen LogP contribution in [0.1, 0.15) is 50.3 Å². The topological polar surface area (TPSA) is 49.4 Å². The minimum atomic E-state index is -0.482. The van der Waals surface area contributed by atoms with Crippen molar-refractivity contribution in [2.75, 3.05) is 5.75 Å². The Hall–Kier alpha value is -2.27. The van der Waals surface area contributed by atoms with Crippen LogP contribution in [0.4, 0.5) is 0 Å². The summed E-state index contributed by atoms with van der Waals surface area (Å²) in [7, 11) is 0. The number of nitrogens with zero attached hydrogens (tertiary/aromatic N) is 1. The standard InChI is InChI=1S/C25H34N2O2S/c1-6-20(5)26-25(29)23(7-2)27(16-21-11-9-8-10-19(21)4)24(28)17-30-22-14-12-18(3)13-15-22/h8-15,20,23H,6-7,16-17H2,1-5H3,(H,26,29)/t20-,23+/m0/s1. The van der Waals surface area contributed by atoms with Gasteiger partial charge in [0.15, 0.2) is 0 Å². The van der Waals surface area contributed by atoms with E-state index < -0.39 is 6.04 Å². The summed E-state index contributed by atoms with van der Waals surface area (Å²) in [4.78, 5) is 29.1. The van der Waals surface area contributed by atoms with Gasteiger partial charge in [0.1, 0.15) is 6.04 Å². The molecule has 2 rings (SSSR count). The number of rotatable bonds is 10. The van der Waals surface area contributed by atoms with Crippen LogP contribution in [0.25, 0.3) is 0 Å². The van der Waals surface area contributed by atoms with E-state index in [2.05, 4.69) is 5.32 Å². The highest BCUT2D eigenvalue weighted by Crippen LogP contribution is 2.21. The van der Waals surface area contributed by atoms with Crippen molar-refractivity contribution in [3.8, 4) is 0 Å². The molecule has 0 saturated carbocycles. The number of carbonyl (C=O) groups excluding carboxylic acids is 2. The minimum absolute atomic E-state index is 0.0185. The molecule has 2 atom stereocenters. The summed E-state index contributed by atoms with van der Waals surface area (Å²) < 4.78 is 0. The van der Waals surface area contributed by atoms with Crippen LogP contribution in [0.5, 0.6) is 0 Å². The van der Waals surface area contributed by atoms with Crippen molar-refractivity contribution in [1.29, 1.82) is 0 Å². The second-order valence-corrected chi connectivity index (χ2v) is 8.84. The summed E-state index contributed by atoms with van der Waals surface area (Å²) in [5, 5.41) is 3.06. The summed E-state index contributed by atoms with van der Waals surface area (Å²) in [5.41, 5.74) is 3.39. The normalized spacial score (nSPS) is 12.8. The summed E-state index contributed by atoms with van der Waals surface area (Å²) >= 11 is 1.52. The van der Waals surface area contributed by atoms with E-state index in [9.17, 15) is 9.59 Å². The number of hydrogen-bond acceptors (Lipinski definition) is 3. The van der Waals surface area contributed by atoms with Gasteiger partial charge >= 0.3 is 0 Å². The van der Waals surface area contributed by atoms with Gasteiger partial charge in [-0.05, 0) is 56.9 Å². The van der Waals surface area contributed by atoms with E-state index in [1.807, 2.05) is 83.1 Å². The lowest BCUT2D eigenvalue weighted by Gasteiger charge is -2.32. The van der Waals surface area contributed by atoms with Crippen molar-refractivity contribution >= 4 is 23.6 Å². The van der Waals surface area contributed by atoms with E-state index in [1.165, 1.54) is 17.3 Å². The number of thioether (sulfide) groups is 1. The Balaban J connectivity index is 2.21. The molecule has 0 aromatic heterocycles. The third-order valence-corrected chi connectivity index (χ3v) is 6.37. The SMILES string of the molecule is CC[C@H](C(=O)N[C@@H](C)CC)N(Cc1ccccc1C)C(=O)CSc1ccc(C)cc1. The third kappa shape index (κ3) is 6.91. The molecule has 0 saturated heterocycles. The van der Waals surface area contributed by atoms with Crippen LogP contribution in [0, 0.1) is 13.8 Å². The van der Waals surface area contributed by atoms with Gasteiger partial charge in [0.25, 0.3) is 0 Å². The molecule has 0 heterocycles. The number of benzene rings is 2. The molecule has 5 heteroatoms. The van der Waals surface area contributed by atoms with Crippen LogP contribution in [0.2, 0.25) is 0 Å². The Morgan fingerprint density at radius 2 is 1.67 bits per heavy atom. The third-order valence-electron chi connectivity index (χ3n) is 5.37. The molecule has 0 aliphatic heterocycles. The molecule has 0 aliphatic rings. The first-order valence-electron chi connectivity index (χ1n) is 10.7. The predicted octanol–water partition coefficient (Wildman–Crippen LogP) is 5.12. The summed E-state index contributed by atoms with van der Waals surface area (Å²) in [6.07, 6.45) is 1.44. The fourth-order valence-corrected chi connectivity index (χ4v) is 3.98. The maximum Gasteiger partial charge on any atom is 0.243 e. The van der Waals surface area contributed by atoms with Gasteiger partial charge in [0.05, 0.1) is 5.75 Å². The molecule has 0 spiro atoms. The lowest BCUT2D eigenvalue weighted by Crippen LogP contribution is -2.51. The van der Waals surface area contributed by atoms with Crippen molar-refractivity contribution in [3.63, 3.8) is 0 Å². The minimum Gasteiger partial charge on any atom is -0.352 e. The number of nitrogens with one attached hydrogen (secondary N) is 1. The molecular weight excluding hydrogens is 392 g/mol. The first-order chi connectivity index (χ1) is 14.3. The molecular formula is C25H34N2O2S. The van der Waals surface area contributed by atoms with E-state index in [4.69, 9.17) is 0 Å². The van der Waals surface area contributed by atoms with Gasteiger partial charge in [-0.15, -0.1) is 11.8 Å². The Morgan fingerprint density at radius 1 is 1.00 bits per heavy atom. The van der Waals surface area contributed by atoms with Crippen molar-refractivity contribution < 1.29 is 9.59 Å². The van der Waals surface area contributed by atoms with Crippen LogP contribution in [0.3, 0.4) is 0 Å². The van der Waals surface area contributed by atoms with E-state index in [1.54, 1.807) is 4.90 Å². The van der Waals surface area contributed by atoms with Crippen LogP contribution in [0.15, 0.2) is 53.4 Å². The van der Waals surface area contributed by atoms with Crippen LogP contribution < -0.4 is 5.32 Å². The van der Waals surface area contributed by atoms with Gasteiger partial charge < -0.3 is 10.2 Å². The molecule has 162 valence electrons. The molecule has 0 aliphatic carbocycles. The van der Waals surface area contributed by atoms with Crippen molar-refractivity contribution in [1.82, 2.24) is 10.2 Å². The van der Waals surface area contributed by atoms with Crippen LogP contribution in [-0.4, -0.2) is 34.6 Å². The van der Waals surface area contributed by atoms with Crippen molar-refractivity contribution in [2.24, 2.45) is 0 Å². The lowest BCUT2D eigenvalue weighted by atomic mass is 10.1. The van der Waals surface area contributed by atoms with Crippen LogP contribution >= 0.6 is 11.8 Å². The monoisotopic (exact) mass is 426 g/mol. The maximum atomic E-state index is 13.3. The first-order valence-corrected chi connectivity index (χ1v) is 11.7. The fourth-order valence-electron chi connectivity index (χ4n) is 3.19. The summed E-state index contributed by atoms with van der Waals surface area (Å²) in [6, 6.07) is 15.8. The average molecular weight is 427 g/mol. The average Bonchev–Trinajstić information content (AvgIpc) is 2.74. The number of aryl methyl sites for hydroxylation is 2. The zero-order chi connectivity index (χ0) is 22.1. The van der Waals surface area contributed by atoms with E-state index >= 15 is 0 Å². The van der Waals surface area contributed by atoms with Gasteiger partial charge in [0.2, 0.25) is 11.8 Å². The molecule has 2 aromatic carbocycles. The number of hydrogen-bond donors (Lipinski definition) is 1. The van der Waals surface area contributed by atoms with E-state index in [0.29, 0.717) is 18.7 Å². The predicted molar refractivity (Wildman–Crippen MR) is 126 cm³/mol. The molecule has 0 bridgehead atoms. The molecule has 2 amide bonds. The lowest BCUT2D eigenvalue weighted by molar-refractivity contribution is -0.139. The molecule has 0 unspecified atom stereocenters. The van der Waals surface area contributed by atoms with Gasteiger partial charge in [0, 0.05) is 17.5 Å². The Kier molecular flexibility index (Phi) is 9.44. The Morgan fingerprint density at radius 3 is 2.27 bits per heavy atom. The largest absolute Gasteiger partial charge is 0.352 e. The molecule has 30 heavy (non-hydrogen) atoms. The highest BCUT2D eigenvalue weighted by molar-refractivity contribution is 8.00. The number of carbonyl (C=O) groups is 2. The van der Waals surface area contributed by atoms with Gasteiger partial charge in [-0.3, -0.25) is 9.59 Å². The van der Waals surface area contributed by atoms with E-state index in [0.717, 1.165) is 22.4 Å². The first kappa shape index (κ1) is 24.0. The van der Waals surface area contributed by atoms with Crippen molar-refractivity contribution in [3.05, 3.63) is 65.2 Å². The highest BCUT2D eigenvalue weighted by atomic mass is 32.2. The molecule has 1 N–H and O–H groups in total. The quantitative estimate of drug-likeness (QED) is 0.537. The highest BCUT2D eigenvalue weighted by Gasteiger charge is 2.29. The fraction of sp³-hybridized carbons (Fsp3) is 0.440. The van der Waals surface area contributed by atoms with Gasteiger partial charge in [-0.2, -0.15) is 0 Å². The zero-order valence-corrected chi connectivity index (χ0v) is 19.6. The summed E-state index contributed by atoms with van der Waals surface area (Å²) in [6.45, 7) is 10.5. The van der Waals surface area contributed by atoms with Crippen LogP contribution in [-0.2, 0) is 16.1 Å². The Labute approximate surface area is 185 Å². The number of amides is 2. The summed E-state index contributed by atoms with van der Waals surface area (Å²) in [5.74, 6) is 0.214. The zero-order valence-electron chi connectivity index (χ0n) is 18.8. The maximum absolute atomic E-state index is 13.3. The molecule has 4 nitrogen and oxygen atoms in total. The van der Waals surface area contributed by atoms with Crippen molar-refractivity contribution in [2.45, 2.75) is 71.0 Å². The smallest absolute Gasteiger partial charge is 0.243 e. The molecule has 0 radical (unpaired) electrons. The van der Waals surface area contributed by atoms with Gasteiger partial charge in [-0.25, -0.2) is 0 Å². The van der Waals surface area contributed by atoms with Gasteiger partial charge in [-0.1, -0.05) is 55.8 Å². The Bertz CT molecular complexity index is 835. The molecule has 2 aromatic rings. The second kappa shape index (κ2) is 11.8. The molecule has 0 fully saturated rings. The second-order valence-electron chi connectivity index (χ2n) is 7.79.